The maximum Gasteiger partial charge on any atom is 0.407 e. The quantitative estimate of drug-likeness (QED) is 0.664. The van der Waals surface area contributed by atoms with Crippen molar-refractivity contribution in [1.82, 2.24) is 0 Å². The highest BCUT2D eigenvalue weighted by Crippen LogP contribution is 2.39. The third-order valence-corrected chi connectivity index (χ3v) is 2.93. The van der Waals surface area contributed by atoms with Gasteiger partial charge < -0.3 is 4.90 Å². The first-order valence-corrected chi connectivity index (χ1v) is 6.92. The Bertz CT molecular complexity index is 522. The highest BCUT2D eigenvalue weighted by atomic mass is 19.4. The summed E-state index contributed by atoms with van der Waals surface area (Å²) in [5.41, 5.74) is -0.707. The highest BCUT2D eigenvalue weighted by molar-refractivity contribution is 5.62. The van der Waals surface area contributed by atoms with E-state index in [1.165, 1.54) is 6.07 Å². The molecular weight excluding hydrogens is 277 g/mol. The SMILES string of the molecule is [C-]#[N+]c1ccc(N(CCC)CC(C)(C)C)cc1C(F)(F)F. The molecule has 116 valence electrons. The fourth-order valence-electron chi connectivity index (χ4n) is 2.19. The molecule has 0 aliphatic rings. The van der Waals surface area contributed by atoms with E-state index >= 15 is 0 Å². The molecule has 0 aliphatic heterocycles. The Morgan fingerprint density at radius 1 is 1.19 bits per heavy atom. The van der Waals surface area contributed by atoms with E-state index in [1.54, 1.807) is 6.07 Å². The molecule has 0 aromatic heterocycles. The number of halogens is 3. The Kier molecular flexibility index (Phi) is 5.27. The zero-order chi connectivity index (χ0) is 16.3. The summed E-state index contributed by atoms with van der Waals surface area (Å²) in [7, 11) is 0. The Hall–Kier alpha value is -1.70. The van der Waals surface area contributed by atoms with Crippen LogP contribution in [0.5, 0.6) is 0 Å². The summed E-state index contributed by atoms with van der Waals surface area (Å²) in [6, 6.07) is 3.95. The van der Waals surface area contributed by atoms with E-state index in [9.17, 15) is 13.2 Å². The maximum absolute atomic E-state index is 13.0. The van der Waals surface area contributed by atoms with Crippen molar-refractivity contribution in [2.24, 2.45) is 5.41 Å². The lowest BCUT2D eigenvalue weighted by Crippen LogP contribution is -2.33. The van der Waals surface area contributed by atoms with E-state index in [-0.39, 0.29) is 11.1 Å². The minimum atomic E-state index is -4.50. The molecule has 0 saturated carbocycles. The van der Waals surface area contributed by atoms with Crippen LogP contribution in [0.4, 0.5) is 24.5 Å². The second-order valence-corrected chi connectivity index (χ2v) is 6.29. The third-order valence-electron chi connectivity index (χ3n) is 2.93. The molecule has 1 rings (SSSR count). The molecule has 0 bridgehead atoms. The van der Waals surface area contributed by atoms with E-state index in [0.717, 1.165) is 12.5 Å². The lowest BCUT2D eigenvalue weighted by molar-refractivity contribution is -0.136. The minimum Gasteiger partial charge on any atom is -0.371 e. The number of alkyl halides is 3. The molecule has 0 fully saturated rings. The normalized spacial score (nSPS) is 12.1. The van der Waals surface area contributed by atoms with Crippen LogP contribution in [0.15, 0.2) is 18.2 Å². The molecule has 1 aromatic rings. The predicted octanol–water partition coefficient (Wildman–Crippen LogP) is 5.52. The van der Waals surface area contributed by atoms with Gasteiger partial charge in [0.1, 0.15) is 0 Å². The van der Waals surface area contributed by atoms with Crippen LogP contribution in [0.2, 0.25) is 0 Å². The van der Waals surface area contributed by atoms with Crippen LogP contribution in [0.25, 0.3) is 4.85 Å². The summed E-state index contributed by atoms with van der Waals surface area (Å²) in [5, 5.41) is 0. The Balaban J connectivity index is 3.25. The van der Waals surface area contributed by atoms with Gasteiger partial charge in [-0.1, -0.05) is 33.8 Å². The first-order valence-electron chi connectivity index (χ1n) is 6.92. The van der Waals surface area contributed by atoms with Crippen molar-refractivity contribution >= 4 is 11.4 Å². The second-order valence-electron chi connectivity index (χ2n) is 6.29. The largest absolute Gasteiger partial charge is 0.407 e. The van der Waals surface area contributed by atoms with E-state index in [2.05, 4.69) is 4.85 Å². The molecular formula is C16H21F3N2. The average Bonchev–Trinajstić information content (AvgIpc) is 2.35. The third kappa shape index (κ3) is 4.96. The molecule has 0 heterocycles. The van der Waals surface area contributed by atoms with E-state index < -0.39 is 11.7 Å². The number of rotatable bonds is 4. The maximum atomic E-state index is 13.0. The smallest absolute Gasteiger partial charge is 0.371 e. The van der Waals surface area contributed by atoms with Gasteiger partial charge >= 0.3 is 6.18 Å². The summed E-state index contributed by atoms with van der Waals surface area (Å²) in [6.07, 6.45) is -3.66. The minimum absolute atomic E-state index is 0.0218. The Labute approximate surface area is 124 Å². The van der Waals surface area contributed by atoms with Crippen LogP contribution in [0, 0.1) is 12.0 Å². The molecule has 0 spiro atoms. The van der Waals surface area contributed by atoms with Crippen molar-refractivity contribution in [2.75, 3.05) is 18.0 Å². The van der Waals surface area contributed by atoms with E-state index in [1.807, 2.05) is 32.6 Å². The summed E-state index contributed by atoms with van der Waals surface area (Å²) >= 11 is 0. The van der Waals surface area contributed by atoms with Gasteiger partial charge in [0.15, 0.2) is 5.69 Å². The van der Waals surface area contributed by atoms with Crippen molar-refractivity contribution in [2.45, 2.75) is 40.3 Å². The zero-order valence-corrected chi connectivity index (χ0v) is 12.9. The first kappa shape index (κ1) is 17.4. The molecule has 0 radical (unpaired) electrons. The van der Waals surface area contributed by atoms with Gasteiger partial charge in [-0.25, -0.2) is 4.85 Å². The molecule has 0 saturated heterocycles. The Morgan fingerprint density at radius 2 is 1.81 bits per heavy atom. The standard InChI is InChI=1S/C16H21F3N2/c1-6-9-21(11-15(2,3)4)12-7-8-14(20-5)13(10-12)16(17,18)19/h7-8,10H,6,9,11H2,1-4H3. The van der Waals surface area contributed by atoms with Crippen LogP contribution < -0.4 is 4.90 Å². The molecule has 0 atom stereocenters. The fraction of sp³-hybridized carbons (Fsp3) is 0.562. The summed E-state index contributed by atoms with van der Waals surface area (Å²) < 4.78 is 39.1. The predicted molar refractivity (Wildman–Crippen MR) is 79.7 cm³/mol. The van der Waals surface area contributed by atoms with Crippen molar-refractivity contribution in [3.05, 3.63) is 35.2 Å². The van der Waals surface area contributed by atoms with Gasteiger partial charge in [-0.2, -0.15) is 13.2 Å². The summed E-state index contributed by atoms with van der Waals surface area (Å²) in [4.78, 5) is 4.92. The molecule has 0 N–H and O–H groups in total. The van der Waals surface area contributed by atoms with Gasteiger partial charge in [0.05, 0.1) is 12.1 Å². The van der Waals surface area contributed by atoms with Gasteiger partial charge in [-0.15, -0.1) is 0 Å². The molecule has 2 nitrogen and oxygen atoms in total. The number of hydrogen-bond donors (Lipinski definition) is 0. The van der Waals surface area contributed by atoms with Crippen molar-refractivity contribution in [1.29, 1.82) is 0 Å². The van der Waals surface area contributed by atoms with Gasteiger partial charge in [0.25, 0.3) is 0 Å². The molecule has 0 unspecified atom stereocenters. The van der Waals surface area contributed by atoms with Crippen LogP contribution in [-0.2, 0) is 6.18 Å². The average molecular weight is 298 g/mol. The number of nitrogens with zero attached hydrogens (tertiary/aromatic N) is 2. The van der Waals surface area contributed by atoms with Gasteiger partial charge in [0, 0.05) is 18.8 Å². The first-order chi connectivity index (χ1) is 9.58. The number of anilines is 1. The fourth-order valence-corrected chi connectivity index (χ4v) is 2.19. The van der Waals surface area contributed by atoms with Crippen molar-refractivity contribution in [3.63, 3.8) is 0 Å². The molecule has 0 amide bonds. The van der Waals surface area contributed by atoms with Gasteiger partial charge in [0.2, 0.25) is 0 Å². The molecule has 0 aliphatic carbocycles. The summed E-state index contributed by atoms with van der Waals surface area (Å²) in [6.45, 7) is 16.4. The Morgan fingerprint density at radius 3 is 2.24 bits per heavy atom. The van der Waals surface area contributed by atoms with Crippen LogP contribution in [0.3, 0.4) is 0 Å². The van der Waals surface area contributed by atoms with E-state index in [4.69, 9.17) is 6.57 Å². The second kappa shape index (κ2) is 6.38. The topological polar surface area (TPSA) is 7.60 Å². The number of hydrogen-bond acceptors (Lipinski definition) is 1. The van der Waals surface area contributed by atoms with Crippen LogP contribution in [-0.4, -0.2) is 13.1 Å². The van der Waals surface area contributed by atoms with E-state index in [0.29, 0.717) is 18.8 Å². The van der Waals surface area contributed by atoms with Crippen LogP contribution in [0.1, 0.15) is 39.7 Å². The van der Waals surface area contributed by atoms with Crippen molar-refractivity contribution in [3.8, 4) is 0 Å². The van der Waals surface area contributed by atoms with Gasteiger partial charge in [-0.05, 0) is 24.0 Å². The zero-order valence-electron chi connectivity index (χ0n) is 12.9. The lowest BCUT2D eigenvalue weighted by Gasteiger charge is -2.32. The molecule has 21 heavy (non-hydrogen) atoms. The molecule has 1 aromatic carbocycles. The van der Waals surface area contributed by atoms with Crippen molar-refractivity contribution < 1.29 is 13.2 Å². The lowest BCUT2D eigenvalue weighted by atomic mass is 9.95. The summed E-state index contributed by atoms with van der Waals surface area (Å²) in [5.74, 6) is 0. The van der Waals surface area contributed by atoms with Crippen LogP contribution >= 0.6 is 0 Å². The number of benzene rings is 1. The highest BCUT2D eigenvalue weighted by Gasteiger charge is 2.34. The van der Waals surface area contributed by atoms with Gasteiger partial charge in [-0.3, -0.25) is 0 Å². The monoisotopic (exact) mass is 298 g/mol. The molecule has 5 heteroatoms.